The van der Waals surface area contributed by atoms with Crippen molar-refractivity contribution in [1.29, 1.82) is 0 Å². The molecule has 1 aliphatic rings. The maximum absolute atomic E-state index is 13.7. The van der Waals surface area contributed by atoms with E-state index in [4.69, 9.17) is 0 Å². The van der Waals surface area contributed by atoms with E-state index in [1.165, 1.54) is 12.1 Å². The van der Waals surface area contributed by atoms with Crippen LogP contribution in [0.3, 0.4) is 0 Å². The van der Waals surface area contributed by atoms with E-state index < -0.39 is 17.2 Å². The van der Waals surface area contributed by atoms with Crippen molar-refractivity contribution in [2.45, 2.75) is 58.0 Å². The molecule has 19 heavy (non-hydrogen) atoms. The summed E-state index contributed by atoms with van der Waals surface area (Å²) in [7, 11) is 0. The fourth-order valence-electron chi connectivity index (χ4n) is 2.91. The minimum atomic E-state index is -0.855. The van der Waals surface area contributed by atoms with Gasteiger partial charge in [-0.15, -0.1) is 0 Å². The molecule has 0 heterocycles. The molecular formula is C16H22F2O. The summed E-state index contributed by atoms with van der Waals surface area (Å²) in [6, 6.07) is 3.58. The quantitative estimate of drug-likeness (QED) is 0.796. The first kappa shape index (κ1) is 14.4. The molecule has 1 aliphatic carbocycles. The monoisotopic (exact) mass is 268 g/mol. The van der Waals surface area contributed by atoms with Gasteiger partial charge in [0.05, 0.1) is 5.60 Å². The average molecular weight is 268 g/mol. The van der Waals surface area contributed by atoms with E-state index >= 15 is 0 Å². The van der Waals surface area contributed by atoms with Crippen molar-refractivity contribution in [2.75, 3.05) is 0 Å². The molecule has 0 bridgehead atoms. The van der Waals surface area contributed by atoms with Crippen LogP contribution >= 0.6 is 0 Å². The van der Waals surface area contributed by atoms with Gasteiger partial charge in [-0.3, -0.25) is 0 Å². The van der Waals surface area contributed by atoms with Crippen molar-refractivity contribution >= 4 is 0 Å². The zero-order chi connectivity index (χ0) is 14.1. The maximum atomic E-state index is 13.7. The molecule has 0 saturated heterocycles. The standard InChI is InChI=1S/C16H22F2O/c1-15(2)6-3-7-16(19,9-8-15)11-12-4-5-13(17)10-14(12)18/h4-5,10,19H,3,6-9,11H2,1-2H3. The molecule has 3 heteroatoms. The van der Waals surface area contributed by atoms with E-state index in [1.807, 2.05) is 0 Å². The molecule has 1 saturated carbocycles. The normalized spacial score (nSPS) is 27.0. The lowest BCUT2D eigenvalue weighted by Gasteiger charge is -2.28. The van der Waals surface area contributed by atoms with Crippen LogP contribution in [-0.4, -0.2) is 10.7 Å². The molecule has 0 aromatic heterocycles. The summed E-state index contributed by atoms with van der Waals surface area (Å²) in [4.78, 5) is 0. The number of hydrogen-bond acceptors (Lipinski definition) is 1. The van der Waals surface area contributed by atoms with E-state index in [9.17, 15) is 13.9 Å². The Hall–Kier alpha value is -0.960. The molecule has 2 rings (SSSR count). The first-order valence-corrected chi connectivity index (χ1v) is 6.96. The molecule has 1 unspecified atom stereocenters. The zero-order valence-corrected chi connectivity index (χ0v) is 11.7. The maximum Gasteiger partial charge on any atom is 0.129 e. The third-order valence-electron chi connectivity index (χ3n) is 4.30. The molecule has 1 nitrogen and oxygen atoms in total. The zero-order valence-electron chi connectivity index (χ0n) is 11.7. The molecule has 1 atom stereocenters. The van der Waals surface area contributed by atoms with Crippen LogP contribution in [0.4, 0.5) is 8.78 Å². The molecule has 0 radical (unpaired) electrons. The molecule has 106 valence electrons. The van der Waals surface area contributed by atoms with Crippen molar-refractivity contribution in [3.8, 4) is 0 Å². The molecule has 1 aromatic rings. The Labute approximate surface area is 113 Å². The van der Waals surface area contributed by atoms with E-state index in [1.54, 1.807) is 0 Å². The summed E-state index contributed by atoms with van der Waals surface area (Å²) in [5.41, 5.74) is -0.207. The van der Waals surface area contributed by atoms with Crippen LogP contribution in [0.15, 0.2) is 18.2 Å². The van der Waals surface area contributed by atoms with E-state index in [0.29, 0.717) is 18.4 Å². The Bertz CT molecular complexity index is 456. The second-order valence-corrected chi connectivity index (χ2v) is 6.65. The Balaban J connectivity index is 2.12. The minimum Gasteiger partial charge on any atom is -0.390 e. The highest BCUT2D eigenvalue weighted by molar-refractivity contribution is 5.20. The summed E-state index contributed by atoms with van der Waals surface area (Å²) in [6.07, 6.45) is 4.61. The van der Waals surface area contributed by atoms with Crippen molar-refractivity contribution in [3.05, 3.63) is 35.4 Å². The predicted octanol–water partition coefficient (Wildman–Crippen LogP) is 4.23. The van der Waals surface area contributed by atoms with Crippen molar-refractivity contribution < 1.29 is 13.9 Å². The largest absolute Gasteiger partial charge is 0.390 e. The summed E-state index contributed by atoms with van der Waals surface area (Å²) in [6.45, 7) is 4.41. The first-order chi connectivity index (χ1) is 8.80. The lowest BCUT2D eigenvalue weighted by molar-refractivity contribution is 0.0218. The Kier molecular flexibility index (Phi) is 3.95. The predicted molar refractivity (Wildman–Crippen MR) is 71.9 cm³/mol. The smallest absolute Gasteiger partial charge is 0.129 e. The van der Waals surface area contributed by atoms with Gasteiger partial charge >= 0.3 is 0 Å². The molecule has 0 aliphatic heterocycles. The van der Waals surface area contributed by atoms with Crippen LogP contribution < -0.4 is 0 Å². The average Bonchev–Trinajstić information content (AvgIpc) is 2.43. The van der Waals surface area contributed by atoms with Crippen LogP contribution in [0, 0.1) is 17.0 Å². The SMILES string of the molecule is CC1(C)CCCC(O)(Cc2ccc(F)cc2F)CC1. The van der Waals surface area contributed by atoms with Crippen LogP contribution in [-0.2, 0) is 6.42 Å². The topological polar surface area (TPSA) is 20.2 Å². The molecule has 1 aromatic carbocycles. The Morgan fingerprint density at radius 2 is 1.84 bits per heavy atom. The summed E-state index contributed by atoms with van der Waals surface area (Å²) < 4.78 is 26.6. The van der Waals surface area contributed by atoms with Gasteiger partial charge in [0, 0.05) is 12.5 Å². The van der Waals surface area contributed by atoms with Gasteiger partial charge in [0.15, 0.2) is 0 Å². The molecule has 0 spiro atoms. The van der Waals surface area contributed by atoms with E-state index in [0.717, 1.165) is 25.3 Å². The Morgan fingerprint density at radius 1 is 1.11 bits per heavy atom. The van der Waals surface area contributed by atoms with Gasteiger partial charge in [-0.05, 0) is 42.7 Å². The van der Waals surface area contributed by atoms with Gasteiger partial charge in [-0.25, -0.2) is 8.78 Å². The van der Waals surface area contributed by atoms with Crippen LogP contribution in [0.2, 0.25) is 0 Å². The van der Waals surface area contributed by atoms with Crippen LogP contribution in [0.25, 0.3) is 0 Å². The highest BCUT2D eigenvalue weighted by Crippen LogP contribution is 2.39. The van der Waals surface area contributed by atoms with Crippen molar-refractivity contribution in [1.82, 2.24) is 0 Å². The fraction of sp³-hybridized carbons (Fsp3) is 0.625. The summed E-state index contributed by atoms with van der Waals surface area (Å²) in [5.74, 6) is -1.13. The third-order valence-corrected chi connectivity index (χ3v) is 4.30. The second kappa shape index (κ2) is 5.20. The van der Waals surface area contributed by atoms with Gasteiger partial charge in [0.1, 0.15) is 11.6 Å². The second-order valence-electron chi connectivity index (χ2n) is 6.65. The summed E-state index contributed by atoms with van der Waals surface area (Å²) >= 11 is 0. The van der Waals surface area contributed by atoms with E-state index in [-0.39, 0.29) is 11.8 Å². The van der Waals surface area contributed by atoms with Gasteiger partial charge in [0.2, 0.25) is 0 Å². The third kappa shape index (κ3) is 3.75. The van der Waals surface area contributed by atoms with Crippen molar-refractivity contribution in [2.24, 2.45) is 5.41 Å². The van der Waals surface area contributed by atoms with Gasteiger partial charge in [-0.1, -0.05) is 26.3 Å². The highest BCUT2D eigenvalue weighted by atomic mass is 19.1. The molecule has 1 N–H and O–H groups in total. The fourth-order valence-corrected chi connectivity index (χ4v) is 2.91. The number of aliphatic hydroxyl groups is 1. The molecule has 1 fully saturated rings. The highest BCUT2D eigenvalue weighted by Gasteiger charge is 2.34. The molecule has 0 amide bonds. The molecular weight excluding hydrogens is 246 g/mol. The summed E-state index contributed by atoms with van der Waals surface area (Å²) in [5, 5.41) is 10.7. The van der Waals surface area contributed by atoms with Crippen LogP contribution in [0.5, 0.6) is 0 Å². The van der Waals surface area contributed by atoms with Gasteiger partial charge < -0.3 is 5.11 Å². The van der Waals surface area contributed by atoms with Gasteiger partial charge in [0.25, 0.3) is 0 Å². The lowest BCUT2D eigenvalue weighted by atomic mass is 9.83. The van der Waals surface area contributed by atoms with Crippen molar-refractivity contribution in [3.63, 3.8) is 0 Å². The first-order valence-electron chi connectivity index (χ1n) is 6.96. The number of hydrogen-bond donors (Lipinski definition) is 1. The van der Waals surface area contributed by atoms with Crippen LogP contribution in [0.1, 0.15) is 51.5 Å². The lowest BCUT2D eigenvalue weighted by Crippen LogP contribution is -2.31. The van der Waals surface area contributed by atoms with Gasteiger partial charge in [-0.2, -0.15) is 0 Å². The number of benzene rings is 1. The number of rotatable bonds is 2. The minimum absolute atomic E-state index is 0.242. The Morgan fingerprint density at radius 3 is 2.53 bits per heavy atom. The van der Waals surface area contributed by atoms with E-state index in [2.05, 4.69) is 13.8 Å². The number of halogens is 2.